The first-order valence-electron chi connectivity index (χ1n) is 6.99. The molecule has 1 fully saturated rings. The van der Waals surface area contributed by atoms with Gasteiger partial charge in [-0.15, -0.1) is 0 Å². The molecule has 2 heterocycles. The lowest BCUT2D eigenvalue weighted by atomic mass is 10.2. The van der Waals surface area contributed by atoms with Gasteiger partial charge in [0.2, 0.25) is 5.95 Å². The summed E-state index contributed by atoms with van der Waals surface area (Å²) in [6.07, 6.45) is 7.33. The molecule has 4 nitrogen and oxygen atoms in total. The second kappa shape index (κ2) is 6.69. The molecule has 0 spiro atoms. The van der Waals surface area contributed by atoms with Crippen LogP contribution in [0.2, 0.25) is 0 Å². The first-order chi connectivity index (χ1) is 8.75. The van der Waals surface area contributed by atoms with Crippen LogP contribution < -0.4 is 4.90 Å². The van der Waals surface area contributed by atoms with Crippen LogP contribution in [0.1, 0.15) is 31.4 Å². The minimum Gasteiger partial charge on any atom is -0.343 e. The number of nitrogens with zero attached hydrogens (tertiary/aromatic N) is 4. The van der Waals surface area contributed by atoms with Gasteiger partial charge in [-0.2, -0.15) is 0 Å². The number of aryl methyl sites for hydroxylation is 1. The molecule has 0 amide bonds. The second-order valence-electron chi connectivity index (χ2n) is 5.18. The molecule has 0 radical (unpaired) electrons. The van der Waals surface area contributed by atoms with Crippen molar-refractivity contribution in [2.75, 3.05) is 38.1 Å². The first-order valence-corrected chi connectivity index (χ1v) is 6.99. The third-order valence-corrected chi connectivity index (χ3v) is 3.57. The number of hydrogen-bond donors (Lipinski definition) is 0. The third kappa shape index (κ3) is 3.95. The van der Waals surface area contributed by atoms with E-state index >= 15 is 0 Å². The van der Waals surface area contributed by atoms with Crippen molar-refractivity contribution in [1.82, 2.24) is 14.9 Å². The van der Waals surface area contributed by atoms with Gasteiger partial charge in [0.25, 0.3) is 0 Å². The van der Waals surface area contributed by atoms with Crippen molar-refractivity contribution >= 4 is 5.95 Å². The molecule has 0 atom stereocenters. The maximum atomic E-state index is 4.45. The summed E-state index contributed by atoms with van der Waals surface area (Å²) in [5, 5.41) is 0. The molecule has 0 aliphatic carbocycles. The zero-order valence-corrected chi connectivity index (χ0v) is 11.6. The lowest BCUT2D eigenvalue weighted by Crippen LogP contribution is -2.34. The molecule has 4 heteroatoms. The Kier molecular flexibility index (Phi) is 4.93. The van der Waals surface area contributed by atoms with E-state index in [4.69, 9.17) is 0 Å². The topological polar surface area (TPSA) is 32.3 Å². The fraction of sp³-hybridized carbons (Fsp3) is 0.714. The molecule has 0 saturated carbocycles. The standard InChI is InChI=1S/C14H24N4/c1-13-7-8-15-14(16-13)17(2)11-12-18-9-5-3-4-6-10-18/h7-8H,3-6,9-12H2,1-2H3. The van der Waals surface area contributed by atoms with E-state index < -0.39 is 0 Å². The highest BCUT2D eigenvalue weighted by atomic mass is 15.3. The smallest absolute Gasteiger partial charge is 0.225 e. The number of rotatable bonds is 4. The molecule has 0 bridgehead atoms. The van der Waals surface area contributed by atoms with Crippen LogP contribution in [0.25, 0.3) is 0 Å². The number of hydrogen-bond acceptors (Lipinski definition) is 4. The maximum absolute atomic E-state index is 4.45. The van der Waals surface area contributed by atoms with Gasteiger partial charge in [-0.25, -0.2) is 9.97 Å². The van der Waals surface area contributed by atoms with Gasteiger partial charge >= 0.3 is 0 Å². The number of likely N-dealkylation sites (tertiary alicyclic amines) is 1. The van der Waals surface area contributed by atoms with Crippen LogP contribution in [-0.4, -0.2) is 48.1 Å². The Labute approximate surface area is 110 Å². The SMILES string of the molecule is Cc1ccnc(N(C)CCN2CCCCCC2)n1. The Balaban J connectivity index is 1.82. The van der Waals surface area contributed by atoms with Crippen molar-refractivity contribution in [3.8, 4) is 0 Å². The van der Waals surface area contributed by atoms with Crippen LogP contribution in [0.15, 0.2) is 12.3 Å². The summed E-state index contributed by atoms with van der Waals surface area (Å²) in [7, 11) is 2.08. The first kappa shape index (κ1) is 13.3. The maximum Gasteiger partial charge on any atom is 0.225 e. The minimum absolute atomic E-state index is 0.838. The predicted octanol–water partition coefficient (Wildman–Crippen LogP) is 2.10. The van der Waals surface area contributed by atoms with E-state index in [1.807, 2.05) is 19.2 Å². The van der Waals surface area contributed by atoms with Gasteiger partial charge in [-0.05, 0) is 38.9 Å². The monoisotopic (exact) mass is 248 g/mol. The molecule has 1 aromatic heterocycles. The quantitative estimate of drug-likeness (QED) is 0.817. The summed E-state index contributed by atoms with van der Waals surface area (Å²) in [4.78, 5) is 13.5. The Morgan fingerprint density at radius 2 is 1.94 bits per heavy atom. The third-order valence-electron chi connectivity index (χ3n) is 3.57. The summed E-state index contributed by atoms with van der Waals surface area (Å²) in [5.74, 6) is 0.838. The van der Waals surface area contributed by atoms with E-state index in [-0.39, 0.29) is 0 Å². The highest BCUT2D eigenvalue weighted by molar-refractivity contribution is 5.28. The average Bonchev–Trinajstić information content (AvgIpc) is 2.64. The highest BCUT2D eigenvalue weighted by Crippen LogP contribution is 2.10. The van der Waals surface area contributed by atoms with Gasteiger partial charge in [0.1, 0.15) is 0 Å². The summed E-state index contributed by atoms with van der Waals surface area (Å²) >= 11 is 0. The molecule has 2 rings (SSSR count). The van der Waals surface area contributed by atoms with E-state index in [9.17, 15) is 0 Å². The fourth-order valence-corrected chi connectivity index (χ4v) is 2.37. The molecule has 0 N–H and O–H groups in total. The lowest BCUT2D eigenvalue weighted by Gasteiger charge is -2.24. The van der Waals surface area contributed by atoms with Crippen molar-refractivity contribution < 1.29 is 0 Å². The van der Waals surface area contributed by atoms with Crippen LogP contribution in [0.4, 0.5) is 5.95 Å². The van der Waals surface area contributed by atoms with E-state index in [0.717, 1.165) is 24.7 Å². The van der Waals surface area contributed by atoms with Gasteiger partial charge in [0.05, 0.1) is 0 Å². The van der Waals surface area contributed by atoms with Crippen molar-refractivity contribution in [3.63, 3.8) is 0 Å². The summed E-state index contributed by atoms with van der Waals surface area (Å²) in [5.41, 5.74) is 1.03. The number of anilines is 1. The largest absolute Gasteiger partial charge is 0.343 e. The summed E-state index contributed by atoms with van der Waals surface area (Å²) < 4.78 is 0. The fourth-order valence-electron chi connectivity index (χ4n) is 2.37. The summed E-state index contributed by atoms with van der Waals surface area (Å²) in [6.45, 7) is 6.64. The predicted molar refractivity (Wildman–Crippen MR) is 74.9 cm³/mol. The van der Waals surface area contributed by atoms with Crippen LogP contribution >= 0.6 is 0 Å². The van der Waals surface area contributed by atoms with Crippen molar-refractivity contribution in [1.29, 1.82) is 0 Å². The molecule has 18 heavy (non-hydrogen) atoms. The molecule has 1 aliphatic heterocycles. The zero-order valence-electron chi connectivity index (χ0n) is 11.6. The van der Waals surface area contributed by atoms with E-state index in [0.29, 0.717) is 0 Å². The average molecular weight is 248 g/mol. The lowest BCUT2D eigenvalue weighted by molar-refractivity contribution is 0.291. The molecule has 1 aliphatic rings. The van der Waals surface area contributed by atoms with E-state index in [1.165, 1.54) is 38.8 Å². The van der Waals surface area contributed by atoms with E-state index in [2.05, 4.69) is 26.8 Å². The molecule has 1 aromatic rings. The van der Waals surface area contributed by atoms with Gasteiger partial charge in [-0.1, -0.05) is 12.8 Å². The van der Waals surface area contributed by atoms with E-state index in [1.54, 1.807) is 0 Å². The Morgan fingerprint density at radius 1 is 1.22 bits per heavy atom. The van der Waals surface area contributed by atoms with Crippen molar-refractivity contribution in [3.05, 3.63) is 18.0 Å². The van der Waals surface area contributed by atoms with Crippen molar-refractivity contribution in [2.24, 2.45) is 0 Å². The normalized spacial score (nSPS) is 17.4. The molecular weight excluding hydrogens is 224 g/mol. The molecule has 0 unspecified atom stereocenters. The molecular formula is C14H24N4. The number of likely N-dealkylation sites (N-methyl/N-ethyl adjacent to an activating group) is 1. The van der Waals surface area contributed by atoms with Gasteiger partial charge < -0.3 is 9.80 Å². The summed E-state index contributed by atoms with van der Waals surface area (Å²) in [6, 6.07) is 1.94. The van der Waals surface area contributed by atoms with Crippen molar-refractivity contribution in [2.45, 2.75) is 32.6 Å². The van der Waals surface area contributed by atoms with Gasteiger partial charge in [0.15, 0.2) is 0 Å². The Bertz CT molecular complexity index is 359. The van der Waals surface area contributed by atoms with Gasteiger partial charge in [-0.3, -0.25) is 0 Å². The highest BCUT2D eigenvalue weighted by Gasteiger charge is 2.10. The van der Waals surface area contributed by atoms with Crippen LogP contribution in [0.5, 0.6) is 0 Å². The Morgan fingerprint density at radius 3 is 2.61 bits per heavy atom. The molecule has 100 valence electrons. The van der Waals surface area contributed by atoms with Crippen LogP contribution in [0.3, 0.4) is 0 Å². The van der Waals surface area contributed by atoms with Crippen LogP contribution in [-0.2, 0) is 0 Å². The minimum atomic E-state index is 0.838. The van der Waals surface area contributed by atoms with Gasteiger partial charge in [0, 0.05) is 32.0 Å². The molecule has 1 saturated heterocycles. The van der Waals surface area contributed by atoms with Crippen LogP contribution in [0, 0.1) is 6.92 Å². The zero-order chi connectivity index (χ0) is 12.8. The number of aromatic nitrogens is 2. The Hall–Kier alpha value is -1.16. The molecule has 0 aromatic carbocycles. The second-order valence-corrected chi connectivity index (χ2v) is 5.18.